The van der Waals surface area contributed by atoms with Crippen molar-refractivity contribution in [1.82, 2.24) is 5.32 Å². The number of carbonyl (C=O) groups excluding carboxylic acids is 1. The van der Waals surface area contributed by atoms with Gasteiger partial charge in [-0.3, -0.25) is 4.79 Å². The Morgan fingerprint density at radius 2 is 1.25 bits per heavy atom. The van der Waals surface area contributed by atoms with Gasteiger partial charge in [-0.05, 0) is 17.2 Å². The van der Waals surface area contributed by atoms with Gasteiger partial charge in [0.15, 0.2) is 0 Å². The van der Waals surface area contributed by atoms with Crippen molar-refractivity contribution < 1.29 is 9.90 Å². The van der Waals surface area contributed by atoms with E-state index in [1.54, 1.807) is 13.1 Å². The quantitative estimate of drug-likeness (QED) is 0.762. The summed E-state index contributed by atoms with van der Waals surface area (Å²) in [5, 5.41) is 14.5. The minimum Gasteiger partial charge on any atom is -0.376 e. The minimum atomic E-state index is -1.34. The Kier molecular flexibility index (Phi) is 3.25. The van der Waals surface area contributed by atoms with Gasteiger partial charge in [-0.2, -0.15) is 0 Å². The van der Waals surface area contributed by atoms with E-state index in [9.17, 15) is 9.90 Å². The molecule has 24 heavy (non-hydrogen) atoms. The van der Waals surface area contributed by atoms with Gasteiger partial charge in [0.25, 0.3) is 5.91 Å². The van der Waals surface area contributed by atoms with Crippen molar-refractivity contribution in [2.75, 3.05) is 7.05 Å². The number of aliphatic hydroxyl groups is 1. The van der Waals surface area contributed by atoms with Crippen molar-refractivity contribution in [3.63, 3.8) is 0 Å². The number of amides is 1. The molecule has 3 aromatic carbocycles. The maximum atomic E-state index is 12.3. The molecular weight excluding hydrogens is 298 g/mol. The van der Waals surface area contributed by atoms with Crippen molar-refractivity contribution in [3.05, 3.63) is 95.1 Å². The van der Waals surface area contributed by atoms with E-state index in [2.05, 4.69) is 5.32 Å². The summed E-state index contributed by atoms with van der Waals surface area (Å²) in [6.45, 7) is 0. The van der Waals surface area contributed by atoms with Crippen molar-refractivity contribution >= 4 is 5.91 Å². The molecule has 0 fully saturated rings. The van der Waals surface area contributed by atoms with Gasteiger partial charge in [-0.25, -0.2) is 0 Å². The van der Waals surface area contributed by atoms with Crippen LogP contribution in [-0.2, 0) is 5.60 Å². The van der Waals surface area contributed by atoms with Gasteiger partial charge in [0, 0.05) is 29.3 Å². The van der Waals surface area contributed by atoms with Crippen molar-refractivity contribution in [2.45, 2.75) is 5.60 Å². The molecule has 0 heterocycles. The summed E-state index contributed by atoms with van der Waals surface area (Å²) in [7, 11) is 1.60. The summed E-state index contributed by atoms with van der Waals surface area (Å²) in [5.41, 5.74) is 3.36. The van der Waals surface area contributed by atoms with E-state index < -0.39 is 5.60 Å². The summed E-state index contributed by atoms with van der Waals surface area (Å²) < 4.78 is 0. The summed E-state index contributed by atoms with van der Waals surface area (Å²) in [4.78, 5) is 12.3. The Labute approximate surface area is 140 Å². The standard InChI is InChI=1S/C21H17NO2/c1-22-20(23)16-10-4-7-13-19(16)21(24)17-11-5-2-8-14(17)15-9-3-6-12-18(15)21/h2-13,24H,1H3,(H,22,23). The van der Waals surface area contributed by atoms with Crippen LogP contribution in [0.15, 0.2) is 72.8 Å². The molecule has 0 spiro atoms. The third kappa shape index (κ3) is 1.85. The molecule has 4 rings (SSSR count). The largest absolute Gasteiger partial charge is 0.376 e. The molecule has 0 aliphatic heterocycles. The van der Waals surface area contributed by atoms with Gasteiger partial charge in [-0.15, -0.1) is 0 Å². The Hall–Kier alpha value is -2.91. The third-order valence-corrected chi connectivity index (χ3v) is 4.71. The van der Waals surface area contributed by atoms with Gasteiger partial charge < -0.3 is 10.4 Å². The molecule has 3 nitrogen and oxygen atoms in total. The first kappa shape index (κ1) is 14.7. The fourth-order valence-corrected chi connectivity index (χ4v) is 3.63. The Balaban J connectivity index is 2.07. The number of fused-ring (bicyclic) bond motifs is 3. The SMILES string of the molecule is CNC(=O)c1ccccc1C1(O)c2ccccc2-c2ccccc21. The Morgan fingerprint density at radius 3 is 1.79 bits per heavy atom. The second kappa shape index (κ2) is 5.32. The molecule has 0 saturated heterocycles. The zero-order valence-electron chi connectivity index (χ0n) is 13.3. The van der Waals surface area contributed by atoms with E-state index in [4.69, 9.17) is 0 Å². The maximum absolute atomic E-state index is 12.3. The van der Waals surface area contributed by atoms with E-state index in [1.807, 2.05) is 66.7 Å². The van der Waals surface area contributed by atoms with Crippen LogP contribution in [0, 0.1) is 0 Å². The van der Waals surface area contributed by atoms with Gasteiger partial charge in [0.2, 0.25) is 0 Å². The van der Waals surface area contributed by atoms with Crippen LogP contribution in [0.2, 0.25) is 0 Å². The minimum absolute atomic E-state index is 0.208. The molecule has 118 valence electrons. The lowest BCUT2D eigenvalue weighted by atomic mass is 9.81. The highest BCUT2D eigenvalue weighted by Gasteiger charge is 2.44. The highest BCUT2D eigenvalue weighted by atomic mass is 16.3. The van der Waals surface area contributed by atoms with Gasteiger partial charge >= 0.3 is 0 Å². The lowest BCUT2D eigenvalue weighted by Crippen LogP contribution is -2.31. The number of hydrogen-bond donors (Lipinski definition) is 2. The molecule has 0 saturated carbocycles. The first-order valence-corrected chi connectivity index (χ1v) is 7.91. The molecule has 0 unspecified atom stereocenters. The van der Waals surface area contributed by atoms with E-state index in [-0.39, 0.29) is 5.91 Å². The number of hydrogen-bond acceptors (Lipinski definition) is 2. The molecule has 0 atom stereocenters. The fraction of sp³-hybridized carbons (Fsp3) is 0.0952. The molecule has 0 aromatic heterocycles. The highest BCUT2D eigenvalue weighted by molar-refractivity contribution is 5.97. The number of rotatable bonds is 2. The predicted octanol–water partition coefficient (Wildman–Crippen LogP) is 3.31. The Morgan fingerprint density at radius 1 is 0.792 bits per heavy atom. The summed E-state index contributed by atoms with van der Waals surface area (Å²) in [5.74, 6) is -0.208. The van der Waals surface area contributed by atoms with Gasteiger partial charge in [-0.1, -0.05) is 66.7 Å². The molecule has 0 bridgehead atoms. The van der Waals surface area contributed by atoms with E-state index in [0.717, 1.165) is 22.3 Å². The van der Waals surface area contributed by atoms with E-state index >= 15 is 0 Å². The number of benzene rings is 3. The highest BCUT2D eigenvalue weighted by Crippen LogP contribution is 2.51. The van der Waals surface area contributed by atoms with Crippen molar-refractivity contribution in [1.29, 1.82) is 0 Å². The summed E-state index contributed by atoms with van der Waals surface area (Å²) in [6.07, 6.45) is 0. The van der Waals surface area contributed by atoms with Crippen LogP contribution in [0.4, 0.5) is 0 Å². The van der Waals surface area contributed by atoms with Crippen LogP contribution in [0.3, 0.4) is 0 Å². The monoisotopic (exact) mass is 315 g/mol. The Bertz CT molecular complexity index is 900. The molecule has 0 radical (unpaired) electrons. The molecule has 3 heteroatoms. The van der Waals surface area contributed by atoms with Gasteiger partial charge in [0.1, 0.15) is 5.60 Å². The molecule has 1 amide bonds. The molecule has 2 N–H and O–H groups in total. The summed E-state index contributed by atoms with van der Waals surface area (Å²) in [6, 6.07) is 22.9. The lowest BCUT2D eigenvalue weighted by molar-refractivity contribution is 0.0943. The van der Waals surface area contributed by atoms with E-state index in [1.165, 1.54) is 0 Å². The topological polar surface area (TPSA) is 49.3 Å². The van der Waals surface area contributed by atoms with Crippen LogP contribution in [0.1, 0.15) is 27.0 Å². The smallest absolute Gasteiger partial charge is 0.251 e. The van der Waals surface area contributed by atoms with Crippen molar-refractivity contribution in [2.24, 2.45) is 0 Å². The second-order valence-electron chi connectivity index (χ2n) is 5.93. The molecule has 1 aliphatic rings. The van der Waals surface area contributed by atoms with Crippen molar-refractivity contribution in [3.8, 4) is 11.1 Å². The van der Waals surface area contributed by atoms with E-state index in [0.29, 0.717) is 11.1 Å². The van der Waals surface area contributed by atoms with Gasteiger partial charge in [0.05, 0.1) is 0 Å². The zero-order chi connectivity index (χ0) is 16.7. The van der Waals surface area contributed by atoms with Crippen LogP contribution in [0.5, 0.6) is 0 Å². The first-order chi connectivity index (χ1) is 11.7. The zero-order valence-corrected chi connectivity index (χ0v) is 13.3. The second-order valence-corrected chi connectivity index (χ2v) is 5.93. The third-order valence-electron chi connectivity index (χ3n) is 4.71. The number of nitrogens with one attached hydrogen (secondary N) is 1. The average molecular weight is 315 g/mol. The molecule has 3 aromatic rings. The summed E-state index contributed by atoms with van der Waals surface area (Å²) >= 11 is 0. The first-order valence-electron chi connectivity index (χ1n) is 7.91. The van der Waals surface area contributed by atoms with Crippen LogP contribution in [-0.4, -0.2) is 18.1 Å². The number of carbonyl (C=O) groups is 1. The molecule has 1 aliphatic carbocycles. The maximum Gasteiger partial charge on any atom is 0.251 e. The average Bonchev–Trinajstić information content (AvgIpc) is 2.92. The van der Waals surface area contributed by atoms with Crippen LogP contribution in [0.25, 0.3) is 11.1 Å². The lowest BCUT2D eigenvalue weighted by Gasteiger charge is -2.28. The molecular formula is C21H17NO2. The normalized spacial score (nSPS) is 13.9. The fourth-order valence-electron chi connectivity index (χ4n) is 3.63. The van der Waals surface area contributed by atoms with Crippen LogP contribution < -0.4 is 5.32 Å². The predicted molar refractivity (Wildman–Crippen MR) is 93.8 cm³/mol. The van der Waals surface area contributed by atoms with Crippen LogP contribution >= 0.6 is 0 Å².